The lowest BCUT2D eigenvalue weighted by Crippen LogP contribution is -2.45. The van der Waals surface area contributed by atoms with E-state index in [1.165, 1.54) is 0 Å². The molecule has 0 atom stereocenters. The number of rotatable bonds is 0. The van der Waals surface area contributed by atoms with Gasteiger partial charge in [0, 0.05) is 6.54 Å². The van der Waals surface area contributed by atoms with Gasteiger partial charge in [-0.2, -0.15) is 0 Å². The third kappa shape index (κ3) is 1.92. The summed E-state index contributed by atoms with van der Waals surface area (Å²) in [5.41, 5.74) is 0. The summed E-state index contributed by atoms with van der Waals surface area (Å²) in [5.74, 6) is 0.226. The smallest absolute Gasteiger partial charge is 0.213 e. The summed E-state index contributed by atoms with van der Waals surface area (Å²) in [6.07, 6.45) is 0. The van der Waals surface area contributed by atoms with Crippen molar-refractivity contribution in [2.75, 3.05) is 26.0 Å². The molecule has 9 heavy (non-hydrogen) atoms. The summed E-state index contributed by atoms with van der Waals surface area (Å²) < 4.78 is 23.7. The fourth-order valence-electron chi connectivity index (χ4n) is 0.636. The van der Waals surface area contributed by atoms with E-state index in [-0.39, 0.29) is 5.75 Å². The van der Waals surface area contributed by atoms with Crippen molar-refractivity contribution < 1.29 is 8.42 Å². The van der Waals surface area contributed by atoms with Crippen molar-refractivity contribution in [3.63, 3.8) is 0 Å². The molecular weight excluding hydrogens is 140 g/mol. The quantitative estimate of drug-likeness (QED) is 0.472. The van der Waals surface area contributed by atoms with Crippen LogP contribution in [-0.4, -0.2) is 39.3 Å². The normalized spacial score (nSPS) is 28.1. The van der Waals surface area contributed by atoms with Crippen LogP contribution in [0.25, 0.3) is 0 Å². The van der Waals surface area contributed by atoms with E-state index in [0.29, 0.717) is 13.2 Å². The molecule has 1 N–H and O–H groups in total. The van der Waals surface area contributed by atoms with Crippen molar-refractivity contribution in [2.45, 2.75) is 0 Å². The van der Waals surface area contributed by atoms with E-state index in [2.05, 4.69) is 4.72 Å². The summed E-state index contributed by atoms with van der Waals surface area (Å²) in [6.45, 7) is 1.08. The average molecular weight is 150 g/mol. The van der Waals surface area contributed by atoms with Gasteiger partial charge in [-0.05, 0) is 7.05 Å². The van der Waals surface area contributed by atoms with Gasteiger partial charge in [-0.1, -0.05) is 0 Å². The maximum absolute atomic E-state index is 10.7. The highest BCUT2D eigenvalue weighted by molar-refractivity contribution is 7.89. The van der Waals surface area contributed by atoms with Gasteiger partial charge in [-0.25, -0.2) is 13.1 Å². The molecule has 0 radical (unpaired) electrons. The number of hydrogen-bond acceptors (Lipinski definition) is 3. The van der Waals surface area contributed by atoms with Gasteiger partial charge in [0.05, 0.1) is 12.4 Å². The number of nitrogens with one attached hydrogen (secondary N) is 1. The Hall–Kier alpha value is -0.130. The largest absolute Gasteiger partial charge is 0.292 e. The summed E-state index contributed by atoms with van der Waals surface area (Å²) >= 11 is 0. The Morgan fingerprint density at radius 2 is 2.22 bits per heavy atom. The van der Waals surface area contributed by atoms with Crippen molar-refractivity contribution >= 4 is 10.0 Å². The fraction of sp³-hybridized carbons (Fsp3) is 1.00. The average Bonchev–Trinajstić information content (AvgIpc) is 1.78. The predicted molar refractivity (Wildman–Crippen MR) is 34.4 cm³/mol. The molecule has 0 spiro atoms. The molecule has 0 bridgehead atoms. The van der Waals surface area contributed by atoms with Gasteiger partial charge in [0.15, 0.2) is 0 Å². The third-order valence-electron chi connectivity index (χ3n) is 1.30. The molecule has 5 heteroatoms. The van der Waals surface area contributed by atoms with Crippen LogP contribution in [0, 0.1) is 0 Å². The predicted octanol–water partition coefficient (Wildman–Crippen LogP) is -1.19. The first kappa shape index (κ1) is 6.98. The molecule has 54 valence electrons. The van der Waals surface area contributed by atoms with E-state index in [4.69, 9.17) is 0 Å². The monoisotopic (exact) mass is 150 g/mol. The molecule has 1 aliphatic rings. The number of hydrogen-bond donors (Lipinski definition) is 1. The SMILES string of the molecule is CN1CCS(=O)(=O)NC1. The molecular formula is C4H10N2O2S. The Morgan fingerprint density at radius 3 is 2.56 bits per heavy atom. The Morgan fingerprint density at radius 1 is 1.56 bits per heavy atom. The van der Waals surface area contributed by atoms with Crippen molar-refractivity contribution in [3.8, 4) is 0 Å². The van der Waals surface area contributed by atoms with Crippen LogP contribution in [0.2, 0.25) is 0 Å². The molecule has 0 unspecified atom stereocenters. The van der Waals surface area contributed by atoms with Gasteiger partial charge in [0.25, 0.3) is 0 Å². The zero-order valence-corrected chi connectivity index (χ0v) is 6.11. The second-order valence-electron chi connectivity index (χ2n) is 2.20. The lowest BCUT2D eigenvalue weighted by molar-refractivity contribution is 0.331. The topological polar surface area (TPSA) is 49.4 Å². The van der Waals surface area contributed by atoms with Crippen LogP contribution in [-0.2, 0) is 10.0 Å². The van der Waals surface area contributed by atoms with Crippen molar-refractivity contribution in [3.05, 3.63) is 0 Å². The summed E-state index contributed by atoms with van der Waals surface area (Å²) in [6, 6.07) is 0. The highest BCUT2D eigenvalue weighted by atomic mass is 32.2. The lowest BCUT2D eigenvalue weighted by atomic mass is 10.6. The van der Waals surface area contributed by atoms with Gasteiger partial charge in [-0.3, -0.25) is 4.90 Å². The Balaban J connectivity index is 2.55. The maximum atomic E-state index is 10.7. The Bertz CT molecular complexity index is 173. The standard InChI is InChI=1S/C4H10N2O2S/c1-6-2-3-9(7,8)5-4-6/h5H,2-4H2,1H3. The zero-order valence-electron chi connectivity index (χ0n) is 5.29. The molecule has 1 aliphatic heterocycles. The molecule has 1 saturated heterocycles. The van der Waals surface area contributed by atoms with Gasteiger partial charge in [-0.15, -0.1) is 0 Å². The first-order valence-electron chi connectivity index (χ1n) is 2.76. The minimum absolute atomic E-state index is 0.226. The minimum atomic E-state index is -2.91. The van der Waals surface area contributed by atoms with Gasteiger partial charge >= 0.3 is 0 Å². The van der Waals surface area contributed by atoms with Crippen LogP contribution < -0.4 is 4.72 Å². The van der Waals surface area contributed by atoms with Crippen LogP contribution in [0.15, 0.2) is 0 Å². The van der Waals surface area contributed by atoms with E-state index >= 15 is 0 Å². The van der Waals surface area contributed by atoms with Gasteiger partial charge < -0.3 is 0 Å². The van der Waals surface area contributed by atoms with Crippen LogP contribution in [0.3, 0.4) is 0 Å². The molecule has 0 saturated carbocycles. The molecule has 4 nitrogen and oxygen atoms in total. The van der Waals surface area contributed by atoms with Gasteiger partial charge in [0.1, 0.15) is 0 Å². The molecule has 0 aliphatic carbocycles. The summed E-state index contributed by atoms with van der Waals surface area (Å²) in [4.78, 5) is 1.92. The fourth-order valence-corrected chi connectivity index (χ4v) is 1.75. The number of sulfonamides is 1. The van der Waals surface area contributed by atoms with Crippen molar-refractivity contribution in [2.24, 2.45) is 0 Å². The van der Waals surface area contributed by atoms with Crippen LogP contribution in [0.1, 0.15) is 0 Å². The first-order chi connectivity index (χ1) is 4.10. The molecule has 0 aromatic heterocycles. The molecule has 1 heterocycles. The minimum Gasteiger partial charge on any atom is -0.292 e. The number of nitrogens with zero attached hydrogens (tertiary/aromatic N) is 1. The Labute approximate surface area is 54.9 Å². The summed E-state index contributed by atoms with van der Waals surface area (Å²) in [7, 11) is -1.03. The molecule has 0 aromatic rings. The molecule has 1 rings (SSSR count). The molecule has 0 amide bonds. The van der Waals surface area contributed by atoms with Gasteiger partial charge in [0.2, 0.25) is 10.0 Å². The van der Waals surface area contributed by atoms with E-state index < -0.39 is 10.0 Å². The summed E-state index contributed by atoms with van der Waals surface area (Å²) in [5, 5.41) is 0. The Kier molecular flexibility index (Phi) is 1.74. The van der Waals surface area contributed by atoms with Crippen molar-refractivity contribution in [1.82, 2.24) is 9.62 Å². The second kappa shape index (κ2) is 2.24. The van der Waals surface area contributed by atoms with E-state index in [1.54, 1.807) is 0 Å². The van der Waals surface area contributed by atoms with Crippen LogP contribution in [0.4, 0.5) is 0 Å². The van der Waals surface area contributed by atoms with Crippen LogP contribution in [0.5, 0.6) is 0 Å². The highest BCUT2D eigenvalue weighted by Crippen LogP contribution is 1.93. The highest BCUT2D eigenvalue weighted by Gasteiger charge is 2.16. The van der Waals surface area contributed by atoms with E-state index in [1.807, 2.05) is 11.9 Å². The van der Waals surface area contributed by atoms with E-state index in [9.17, 15) is 8.42 Å². The van der Waals surface area contributed by atoms with Crippen molar-refractivity contribution in [1.29, 1.82) is 0 Å². The second-order valence-corrected chi connectivity index (χ2v) is 4.13. The molecule has 1 fully saturated rings. The first-order valence-corrected chi connectivity index (χ1v) is 4.41. The van der Waals surface area contributed by atoms with E-state index in [0.717, 1.165) is 0 Å². The lowest BCUT2D eigenvalue weighted by Gasteiger charge is -2.22. The maximum Gasteiger partial charge on any atom is 0.213 e. The molecule has 0 aromatic carbocycles. The zero-order chi connectivity index (χ0) is 6.91. The van der Waals surface area contributed by atoms with Crippen LogP contribution >= 0.6 is 0 Å². The third-order valence-corrected chi connectivity index (χ3v) is 2.59.